The molecule has 0 aromatic rings. The third-order valence-electron chi connectivity index (χ3n) is 5.93. The van der Waals surface area contributed by atoms with E-state index in [1.54, 1.807) is 6.92 Å². The van der Waals surface area contributed by atoms with Crippen molar-refractivity contribution in [2.24, 2.45) is 21.7 Å². The molecule has 0 atom stereocenters. The topological polar surface area (TPSA) is 71.8 Å². The minimum Gasteiger partial charge on any atom is -0.314 e. The highest BCUT2D eigenvalue weighted by atomic mass is 16.1. The summed E-state index contributed by atoms with van der Waals surface area (Å²) in [7, 11) is 0. The van der Waals surface area contributed by atoms with Crippen molar-refractivity contribution in [3.8, 4) is 0 Å². The number of piperidine rings is 1. The maximum Gasteiger partial charge on any atom is 0.143 e. The van der Waals surface area contributed by atoms with Crippen molar-refractivity contribution in [1.82, 2.24) is 15.1 Å². The molecule has 2 aliphatic rings. The summed E-state index contributed by atoms with van der Waals surface area (Å²) in [6.07, 6.45) is 9.14. The summed E-state index contributed by atoms with van der Waals surface area (Å²) >= 11 is 0. The van der Waals surface area contributed by atoms with Crippen LogP contribution in [0.1, 0.15) is 67.7 Å². The molecule has 0 aromatic carbocycles. The molecule has 2 saturated heterocycles. The fourth-order valence-corrected chi connectivity index (χ4v) is 3.93. The quantitative estimate of drug-likeness (QED) is 0.452. The number of hydrogen-bond acceptors (Lipinski definition) is 5. The van der Waals surface area contributed by atoms with E-state index in [-0.39, 0.29) is 10.8 Å². The van der Waals surface area contributed by atoms with E-state index in [0.717, 1.165) is 44.1 Å². The number of piperazine rings is 1. The lowest BCUT2D eigenvalue weighted by Gasteiger charge is -2.33. The van der Waals surface area contributed by atoms with Gasteiger partial charge in [0.15, 0.2) is 0 Å². The number of likely N-dealkylation sites (tertiary alicyclic amines) is 1. The molecule has 184 valence electrons. The lowest BCUT2D eigenvalue weighted by molar-refractivity contribution is -0.118. The van der Waals surface area contributed by atoms with E-state index in [4.69, 9.17) is 5.41 Å². The van der Waals surface area contributed by atoms with Crippen LogP contribution in [0, 0.1) is 22.2 Å². The first-order chi connectivity index (χ1) is 14.9. The normalized spacial score (nSPS) is 20.2. The lowest BCUT2D eigenvalue weighted by Crippen LogP contribution is -2.44. The van der Waals surface area contributed by atoms with Crippen LogP contribution in [-0.2, 0) is 4.79 Å². The number of nitrogens with zero attached hydrogens (tertiary/aromatic N) is 3. The van der Waals surface area contributed by atoms with E-state index in [2.05, 4.69) is 67.7 Å². The van der Waals surface area contributed by atoms with Gasteiger partial charge in [-0.15, -0.1) is 0 Å². The molecule has 0 unspecified atom stereocenters. The van der Waals surface area contributed by atoms with Crippen LogP contribution in [-0.4, -0.2) is 80.0 Å². The number of aliphatic imine (C=N–C) groups is 1. The van der Waals surface area contributed by atoms with Gasteiger partial charge in [-0.2, -0.15) is 0 Å². The van der Waals surface area contributed by atoms with Crippen LogP contribution < -0.4 is 5.32 Å². The Morgan fingerprint density at radius 2 is 1.62 bits per heavy atom. The van der Waals surface area contributed by atoms with E-state index >= 15 is 0 Å². The van der Waals surface area contributed by atoms with Crippen molar-refractivity contribution in [3.63, 3.8) is 0 Å². The summed E-state index contributed by atoms with van der Waals surface area (Å²) in [5.74, 6) is 1.18. The van der Waals surface area contributed by atoms with Crippen LogP contribution in [0.15, 0.2) is 17.1 Å². The standard InChI is InChI=1S/C14H27N3O.C12H22N2/c1-13(18)12-17-8-3-14(4-9-17)2-7-16-10-5-15-6-11-16;1-11(2,3)8-7-10(14-9-13)12(4,5)6/h14-15H,2-12H2,1H3;7-9,13H,1-6H3/b;8-7-,13-9?,14-10?. The predicted octanol–water partition coefficient (Wildman–Crippen LogP) is 4.27. The molecule has 2 N–H and O–H groups in total. The number of rotatable bonds is 7. The van der Waals surface area contributed by atoms with Gasteiger partial charge in [-0.25, -0.2) is 4.99 Å². The summed E-state index contributed by atoms with van der Waals surface area (Å²) in [5.41, 5.74) is 1.11. The number of nitrogens with one attached hydrogen (secondary N) is 2. The zero-order chi connectivity index (χ0) is 24.2. The highest BCUT2D eigenvalue weighted by molar-refractivity contribution is 6.02. The maximum atomic E-state index is 11.1. The fourth-order valence-electron chi connectivity index (χ4n) is 3.93. The number of Topliss-reactive ketones (excluding diaryl/α,β-unsaturated/α-hetero) is 1. The molecule has 0 bridgehead atoms. The first-order valence-corrected chi connectivity index (χ1v) is 12.3. The molecule has 6 nitrogen and oxygen atoms in total. The summed E-state index contributed by atoms with van der Waals surface area (Å²) in [6, 6.07) is 0. The average molecular weight is 448 g/mol. The third-order valence-corrected chi connectivity index (χ3v) is 5.93. The van der Waals surface area contributed by atoms with Crippen molar-refractivity contribution in [1.29, 1.82) is 5.41 Å². The molecule has 0 amide bonds. The molecule has 0 saturated carbocycles. The number of ketones is 1. The van der Waals surface area contributed by atoms with Gasteiger partial charge in [-0.1, -0.05) is 47.6 Å². The molecule has 2 fully saturated rings. The Labute approximate surface area is 197 Å². The number of carbonyl (C=O) groups excluding carboxylic acids is 1. The highest BCUT2D eigenvalue weighted by Gasteiger charge is 2.21. The van der Waals surface area contributed by atoms with E-state index in [0.29, 0.717) is 12.3 Å². The van der Waals surface area contributed by atoms with Crippen LogP contribution in [0.5, 0.6) is 0 Å². The Morgan fingerprint density at radius 3 is 2.09 bits per heavy atom. The predicted molar refractivity (Wildman–Crippen MR) is 138 cm³/mol. The molecule has 0 radical (unpaired) electrons. The smallest absolute Gasteiger partial charge is 0.143 e. The zero-order valence-corrected chi connectivity index (χ0v) is 21.8. The van der Waals surface area contributed by atoms with Gasteiger partial charge in [0, 0.05) is 37.3 Å². The molecule has 0 spiro atoms. The molecule has 2 heterocycles. The number of allylic oxidation sites excluding steroid dienone is 2. The number of carbonyl (C=O) groups is 1. The van der Waals surface area contributed by atoms with Crippen molar-refractivity contribution in [2.45, 2.75) is 67.7 Å². The molecule has 2 rings (SSSR count). The minimum atomic E-state index is -0.000694. The summed E-state index contributed by atoms with van der Waals surface area (Å²) in [6.45, 7) is 23.3. The maximum absolute atomic E-state index is 11.1. The van der Waals surface area contributed by atoms with Crippen molar-refractivity contribution in [2.75, 3.05) is 52.4 Å². The third kappa shape index (κ3) is 13.2. The molecule has 0 aromatic heterocycles. The van der Waals surface area contributed by atoms with Crippen LogP contribution in [0.3, 0.4) is 0 Å². The van der Waals surface area contributed by atoms with Gasteiger partial charge in [0.1, 0.15) is 12.1 Å². The molecule has 6 heteroatoms. The molecule has 32 heavy (non-hydrogen) atoms. The summed E-state index contributed by atoms with van der Waals surface area (Å²) in [4.78, 5) is 20.0. The largest absolute Gasteiger partial charge is 0.314 e. The van der Waals surface area contributed by atoms with Gasteiger partial charge < -0.3 is 10.2 Å². The monoisotopic (exact) mass is 447 g/mol. The van der Waals surface area contributed by atoms with Crippen LogP contribution in [0.4, 0.5) is 0 Å². The highest BCUT2D eigenvalue weighted by Crippen LogP contribution is 2.21. The van der Waals surface area contributed by atoms with E-state index in [1.807, 2.05) is 6.08 Å². The Bertz CT molecular complexity index is 613. The number of hydrogen-bond donors (Lipinski definition) is 2. The van der Waals surface area contributed by atoms with Crippen molar-refractivity contribution < 1.29 is 4.79 Å². The van der Waals surface area contributed by atoms with Crippen LogP contribution in [0.2, 0.25) is 0 Å². The lowest BCUT2D eigenvalue weighted by atomic mass is 9.87. The van der Waals surface area contributed by atoms with Crippen molar-refractivity contribution >= 4 is 17.8 Å². The minimum absolute atomic E-state index is 0.000694. The van der Waals surface area contributed by atoms with Gasteiger partial charge in [0.05, 0.1) is 6.54 Å². The van der Waals surface area contributed by atoms with Gasteiger partial charge in [-0.05, 0) is 63.2 Å². The first-order valence-electron chi connectivity index (χ1n) is 12.3. The second-order valence-corrected chi connectivity index (χ2v) is 11.4. The van der Waals surface area contributed by atoms with Crippen molar-refractivity contribution in [3.05, 3.63) is 12.2 Å². The first kappa shape index (κ1) is 28.7. The van der Waals surface area contributed by atoms with Gasteiger partial charge in [-0.3, -0.25) is 15.1 Å². The summed E-state index contributed by atoms with van der Waals surface area (Å²) < 4.78 is 0. The van der Waals surface area contributed by atoms with Gasteiger partial charge >= 0.3 is 0 Å². The van der Waals surface area contributed by atoms with E-state index in [1.165, 1.54) is 38.9 Å². The van der Waals surface area contributed by atoms with Gasteiger partial charge in [0.25, 0.3) is 0 Å². The molecule has 2 aliphatic heterocycles. The van der Waals surface area contributed by atoms with E-state index in [9.17, 15) is 4.79 Å². The SMILES string of the molecule is CC(=O)CN1CCC(CCN2CCNCC2)CC1.CC(C)(C)/C=C\C(=NC=N)C(C)(C)C. The zero-order valence-electron chi connectivity index (χ0n) is 21.8. The molecular weight excluding hydrogens is 398 g/mol. The second kappa shape index (κ2) is 14.0. The molecule has 0 aliphatic carbocycles. The van der Waals surface area contributed by atoms with E-state index < -0.39 is 0 Å². The Kier molecular flexibility index (Phi) is 12.6. The van der Waals surface area contributed by atoms with Gasteiger partial charge in [0.2, 0.25) is 0 Å². The Balaban J connectivity index is 0.000000333. The summed E-state index contributed by atoms with van der Waals surface area (Å²) in [5, 5.41) is 10.4. The van der Waals surface area contributed by atoms with Crippen LogP contribution >= 0.6 is 0 Å². The molecular formula is C26H49N5O. The van der Waals surface area contributed by atoms with Crippen LogP contribution in [0.25, 0.3) is 0 Å². The fraction of sp³-hybridized carbons (Fsp3) is 0.808. The Morgan fingerprint density at radius 1 is 1.03 bits per heavy atom. The second-order valence-electron chi connectivity index (χ2n) is 11.4. The average Bonchev–Trinajstić information content (AvgIpc) is 2.70. The Hall–Kier alpha value is -1.37.